The van der Waals surface area contributed by atoms with Crippen molar-refractivity contribution in [3.05, 3.63) is 114 Å². The van der Waals surface area contributed by atoms with E-state index in [9.17, 15) is 4.79 Å². The molecule has 0 aliphatic heterocycles. The van der Waals surface area contributed by atoms with Crippen LogP contribution in [0.15, 0.2) is 91.4 Å². The zero-order chi connectivity index (χ0) is 23.2. The Morgan fingerprint density at radius 3 is 2.62 bits per heavy atom. The summed E-state index contributed by atoms with van der Waals surface area (Å²) in [7, 11) is 0. The van der Waals surface area contributed by atoms with Gasteiger partial charge in [0.25, 0.3) is 5.91 Å². The van der Waals surface area contributed by atoms with E-state index in [1.54, 1.807) is 24.7 Å². The summed E-state index contributed by atoms with van der Waals surface area (Å²) in [5.41, 5.74) is 5.74. The summed E-state index contributed by atoms with van der Waals surface area (Å²) in [5, 5.41) is 14.8. The van der Waals surface area contributed by atoms with Crippen LogP contribution in [-0.4, -0.2) is 26.1 Å². The highest BCUT2D eigenvalue weighted by Gasteiger charge is 2.12. The van der Waals surface area contributed by atoms with Crippen LogP contribution in [0.25, 0.3) is 23.1 Å². The largest absolute Gasteiger partial charge is 0.355 e. The molecule has 7 nitrogen and oxygen atoms in total. The van der Waals surface area contributed by atoms with Crippen molar-refractivity contribution in [3.63, 3.8) is 0 Å². The van der Waals surface area contributed by atoms with Gasteiger partial charge in [-0.1, -0.05) is 18.2 Å². The third-order valence-electron chi connectivity index (χ3n) is 5.35. The number of amides is 1. The maximum absolute atomic E-state index is 12.8. The van der Waals surface area contributed by atoms with Gasteiger partial charge in [0.1, 0.15) is 0 Å². The van der Waals surface area contributed by atoms with E-state index in [0.717, 1.165) is 39.2 Å². The van der Waals surface area contributed by atoms with Crippen molar-refractivity contribution in [2.75, 3.05) is 5.32 Å². The summed E-state index contributed by atoms with van der Waals surface area (Å²) in [5.74, 6) is -0.149. The third kappa shape index (κ3) is 4.83. The van der Waals surface area contributed by atoms with E-state index < -0.39 is 0 Å². The number of fused-ring (bicyclic) bond motifs is 1. The second-order valence-corrected chi connectivity index (χ2v) is 7.67. The molecule has 5 aromatic rings. The molecule has 3 aromatic heterocycles. The fraction of sp³-hybridized carbons (Fsp3) is 0.0370. The van der Waals surface area contributed by atoms with Gasteiger partial charge in [0.2, 0.25) is 0 Å². The van der Waals surface area contributed by atoms with Crippen LogP contribution < -0.4 is 10.6 Å². The normalized spacial score (nSPS) is 11.1. The van der Waals surface area contributed by atoms with Crippen molar-refractivity contribution < 1.29 is 4.79 Å². The molecule has 2 aromatic carbocycles. The summed E-state index contributed by atoms with van der Waals surface area (Å²) < 4.78 is 0. The number of para-hydroxylation sites is 1. The predicted octanol–water partition coefficient (Wildman–Crippen LogP) is 5.20. The molecule has 34 heavy (non-hydrogen) atoms. The smallest absolute Gasteiger partial charge is 0.253 e. The van der Waals surface area contributed by atoms with E-state index in [1.165, 1.54) is 0 Å². The Balaban J connectivity index is 1.32. The van der Waals surface area contributed by atoms with E-state index in [0.29, 0.717) is 12.1 Å². The molecule has 0 aliphatic rings. The number of rotatable bonds is 7. The molecule has 7 heteroatoms. The number of nitrogens with one attached hydrogen (secondary N) is 3. The maximum atomic E-state index is 12.8. The van der Waals surface area contributed by atoms with Crippen LogP contribution in [0.3, 0.4) is 0 Å². The van der Waals surface area contributed by atoms with Gasteiger partial charge in [0.05, 0.1) is 28.2 Å². The van der Waals surface area contributed by atoms with E-state index in [1.807, 2.05) is 78.9 Å². The zero-order valence-electron chi connectivity index (χ0n) is 18.3. The van der Waals surface area contributed by atoms with Crippen LogP contribution in [0.4, 0.5) is 11.4 Å². The van der Waals surface area contributed by atoms with Crippen molar-refractivity contribution in [2.45, 2.75) is 6.54 Å². The molecule has 0 fully saturated rings. The predicted molar refractivity (Wildman–Crippen MR) is 134 cm³/mol. The molecular weight excluding hydrogens is 424 g/mol. The van der Waals surface area contributed by atoms with Gasteiger partial charge in [-0.25, -0.2) is 0 Å². The number of benzene rings is 2. The molecule has 0 aliphatic carbocycles. The van der Waals surface area contributed by atoms with Gasteiger partial charge in [-0.3, -0.25) is 19.9 Å². The number of carbonyl (C=O) groups is 1. The molecule has 0 radical (unpaired) electrons. The fourth-order valence-electron chi connectivity index (χ4n) is 3.61. The number of H-pyrrole nitrogens is 1. The van der Waals surface area contributed by atoms with E-state index in [-0.39, 0.29) is 5.91 Å². The average molecular weight is 447 g/mol. The second kappa shape index (κ2) is 9.79. The number of aromatic nitrogens is 4. The summed E-state index contributed by atoms with van der Waals surface area (Å²) in [6.45, 7) is 0.435. The molecule has 0 atom stereocenters. The Labute approximate surface area is 196 Å². The lowest BCUT2D eigenvalue weighted by Gasteiger charge is -2.12. The summed E-state index contributed by atoms with van der Waals surface area (Å²) in [6, 6.07) is 22.9. The molecule has 0 bridgehead atoms. The lowest BCUT2D eigenvalue weighted by Crippen LogP contribution is -2.23. The van der Waals surface area contributed by atoms with Crippen LogP contribution in [0.2, 0.25) is 0 Å². The number of nitrogens with zero attached hydrogens (tertiary/aromatic N) is 3. The standard InChI is InChI=1S/C27H22N6O/c34-27(30-18-19-12-15-28-16-13-19)23-6-1-2-7-24(23)31-21-8-10-22-25(32-33-26(22)17-21)11-9-20-5-3-4-14-29-20/h1-17,31H,18H2,(H,30,34)(H,32,33)/b11-9+. The molecule has 3 heterocycles. The summed E-state index contributed by atoms with van der Waals surface area (Å²) in [6.07, 6.45) is 9.06. The molecular formula is C27H22N6O. The Bertz CT molecular complexity index is 1440. The van der Waals surface area contributed by atoms with E-state index >= 15 is 0 Å². The highest BCUT2D eigenvalue weighted by Crippen LogP contribution is 2.26. The Morgan fingerprint density at radius 2 is 1.76 bits per heavy atom. The van der Waals surface area contributed by atoms with Crippen LogP contribution in [0.5, 0.6) is 0 Å². The first kappa shape index (κ1) is 21.1. The minimum atomic E-state index is -0.149. The van der Waals surface area contributed by atoms with E-state index in [4.69, 9.17) is 0 Å². The van der Waals surface area contributed by atoms with Gasteiger partial charge in [-0.2, -0.15) is 5.10 Å². The molecule has 0 unspecified atom stereocenters. The van der Waals surface area contributed by atoms with Gasteiger partial charge in [-0.15, -0.1) is 0 Å². The van der Waals surface area contributed by atoms with Crippen LogP contribution >= 0.6 is 0 Å². The number of hydrogen-bond donors (Lipinski definition) is 3. The third-order valence-corrected chi connectivity index (χ3v) is 5.35. The second-order valence-electron chi connectivity index (χ2n) is 7.67. The Hall–Kier alpha value is -4.78. The quantitative estimate of drug-likeness (QED) is 0.319. The number of hydrogen-bond acceptors (Lipinski definition) is 5. The molecule has 0 spiro atoms. The maximum Gasteiger partial charge on any atom is 0.253 e. The molecule has 3 N–H and O–H groups in total. The highest BCUT2D eigenvalue weighted by atomic mass is 16.1. The minimum absolute atomic E-state index is 0.149. The van der Waals surface area contributed by atoms with E-state index in [2.05, 4.69) is 30.8 Å². The van der Waals surface area contributed by atoms with Gasteiger partial charge < -0.3 is 10.6 Å². The molecule has 5 rings (SSSR count). The average Bonchev–Trinajstić information content (AvgIpc) is 3.30. The Morgan fingerprint density at radius 1 is 0.912 bits per heavy atom. The lowest BCUT2D eigenvalue weighted by atomic mass is 10.1. The number of carbonyl (C=O) groups excluding carboxylic acids is 1. The topological polar surface area (TPSA) is 95.6 Å². The number of aromatic amines is 1. The van der Waals surface area contributed by atoms with Crippen LogP contribution in [0, 0.1) is 0 Å². The first-order chi connectivity index (χ1) is 16.8. The first-order valence-corrected chi connectivity index (χ1v) is 10.9. The van der Waals surface area contributed by atoms with Crippen molar-refractivity contribution in [1.29, 1.82) is 0 Å². The van der Waals surface area contributed by atoms with Gasteiger partial charge in [-0.05, 0) is 72.3 Å². The van der Waals surface area contributed by atoms with Gasteiger partial charge in [0, 0.05) is 36.2 Å². The van der Waals surface area contributed by atoms with Gasteiger partial charge >= 0.3 is 0 Å². The first-order valence-electron chi connectivity index (χ1n) is 10.9. The van der Waals surface area contributed by atoms with Crippen molar-refractivity contribution in [2.24, 2.45) is 0 Å². The zero-order valence-corrected chi connectivity index (χ0v) is 18.3. The van der Waals surface area contributed by atoms with Crippen LogP contribution in [-0.2, 0) is 6.54 Å². The van der Waals surface area contributed by atoms with Crippen molar-refractivity contribution >= 4 is 40.3 Å². The molecule has 1 amide bonds. The van der Waals surface area contributed by atoms with Crippen molar-refractivity contribution in [3.8, 4) is 0 Å². The molecule has 166 valence electrons. The number of anilines is 2. The summed E-state index contributed by atoms with van der Waals surface area (Å²) >= 11 is 0. The SMILES string of the molecule is O=C(NCc1ccncc1)c1ccccc1Nc1ccc2c(/C=C/c3ccccn3)n[nH]c2c1. The van der Waals surface area contributed by atoms with Gasteiger partial charge in [0.15, 0.2) is 0 Å². The Kier molecular flexibility index (Phi) is 6.07. The monoisotopic (exact) mass is 446 g/mol. The minimum Gasteiger partial charge on any atom is -0.355 e. The molecule has 0 saturated carbocycles. The fourth-order valence-corrected chi connectivity index (χ4v) is 3.61. The molecule has 0 saturated heterocycles. The lowest BCUT2D eigenvalue weighted by molar-refractivity contribution is 0.0951. The summed E-state index contributed by atoms with van der Waals surface area (Å²) in [4.78, 5) is 21.1. The highest BCUT2D eigenvalue weighted by molar-refractivity contribution is 6.00. The number of pyridine rings is 2. The van der Waals surface area contributed by atoms with Crippen molar-refractivity contribution in [1.82, 2.24) is 25.5 Å². The van der Waals surface area contributed by atoms with Crippen LogP contribution in [0.1, 0.15) is 27.3 Å².